The highest BCUT2D eigenvalue weighted by Gasteiger charge is 2.27. The van der Waals surface area contributed by atoms with Gasteiger partial charge in [0, 0.05) is 49.3 Å². The molecule has 6 heteroatoms. The van der Waals surface area contributed by atoms with Gasteiger partial charge in [-0.15, -0.1) is 0 Å². The molecule has 306 valence electrons. The predicted molar refractivity (Wildman–Crippen MR) is 269 cm³/mol. The molecular formula is C59H39N5O. The summed E-state index contributed by atoms with van der Waals surface area (Å²) in [6, 6.07) is 76.3. The molecule has 13 aromatic rings. The summed E-state index contributed by atoms with van der Waals surface area (Å²) in [5.74, 6) is 0.847. The Labute approximate surface area is 373 Å². The lowest BCUT2D eigenvalue weighted by molar-refractivity contribution is 0.409. The summed E-state index contributed by atoms with van der Waals surface area (Å²) < 4.78 is 11.5. The minimum Gasteiger partial charge on any atom is -0.456 e. The number of aliphatic imine (C=N–C) groups is 1. The van der Waals surface area contributed by atoms with Gasteiger partial charge in [-0.2, -0.15) is 0 Å². The molecule has 2 unspecified atom stereocenters. The minimum absolute atomic E-state index is 0.237. The number of hydrogen-bond acceptors (Lipinski definition) is 4. The van der Waals surface area contributed by atoms with Crippen molar-refractivity contribution >= 4 is 92.9 Å². The average Bonchev–Trinajstić information content (AvgIpc) is 4.02. The Morgan fingerprint density at radius 1 is 0.385 bits per heavy atom. The SMILES string of the molecule is c1ccc(-n2c3ccccc3c3cc4c5ccccc5n(-c5ccc6oc7cc(C8NC(c9ccc%10ccccc%10c9)=NC(c9ccc%10ccccc%10c9)N8)ccc7c6c5)c4cc32)cc1. The van der Waals surface area contributed by atoms with E-state index in [0.29, 0.717) is 0 Å². The van der Waals surface area contributed by atoms with Crippen LogP contribution in [0.15, 0.2) is 222 Å². The van der Waals surface area contributed by atoms with Crippen molar-refractivity contribution in [1.82, 2.24) is 19.8 Å². The second-order valence-electron chi connectivity index (χ2n) is 17.3. The normalized spacial score (nSPS) is 15.5. The minimum atomic E-state index is -0.275. The number of furan rings is 1. The van der Waals surface area contributed by atoms with Crippen LogP contribution in [0.2, 0.25) is 0 Å². The highest BCUT2D eigenvalue weighted by molar-refractivity contribution is 6.19. The Balaban J connectivity index is 0.891. The fourth-order valence-electron chi connectivity index (χ4n) is 10.4. The predicted octanol–water partition coefficient (Wildman–Crippen LogP) is 14.4. The number of benzene rings is 10. The molecule has 0 amide bonds. The summed E-state index contributed by atoms with van der Waals surface area (Å²) in [5.41, 5.74) is 11.8. The second kappa shape index (κ2) is 14.0. The number of fused-ring (bicyclic) bond motifs is 11. The van der Waals surface area contributed by atoms with E-state index in [9.17, 15) is 0 Å². The molecule has 2 N–H and O–H groups in total. The van der Waals surface area contributed by atoms with E-state index in [1.54, 1.807) is 0 Å². The van der Waals surface area contributed by atoms with Crippen LogP contribution in [0, 0.1) is 0 Å². The molecule has 0 saturated carbocycles. The highest BCUT2D eigenvalue weighted by atomic mass is 16.3. The summed E-state index contributed by atoms with van der Waals surface area (Å²) >= 11 is 0. The van der Waals surface area contributed by atoms with Crippen molar-refractivity contribution < 1.29 is 4.42 Å². The maximum Gasteiger partial charge on any atom is 0.135 e. The topological polar surface area (TPSA) is 59.4 Å². The van der Waals surface area contributed by atoms with Crippen molar-refractivity contribution in [3.05, 3.63) is 229 Å². The maximum absolute atomic E-state index is 6.71. The molecule has 0 spiro atoms. The van der Waals surface area contributed by atoms with Gasteiger partial charge in [-0.1, -0.05) is 140 Å². The number of rotatable bonds is 5. The van der Waals surface area contributed by atoms with Crippen LogP contribution in [0.3, 0.4) is 0 Å². The first-order valence-electron chi connectivity index (χ1n) is 22.3. The summed E-state index contributed by atoms with van der Waals surface area (Å²) in [4.78, 5) is 5.30. The molecule has 1 aliphatic heterocycles. The molecule has 6 nitrogen and oxygen atoms in total. The molecule has 2 atom stereocenters. The molecule has 0 saturated heterocycles. The molecule has 65 heavy (non-hydrogen) atoms. The van der Waals surface area contributed by atoms with Crippen molar-refractivity contribution in [3.63, 3.8) is 0 Å². The Morgan fingerprint density at radius 3 is 1.77 bits per heavy atom. The Hall–Kier alpha value is -8.45. The maximum atomic E-state index is 6.71. The standard InChI is InChI=1S/C59H39N5O/c1-2-16-43(17-3-1)63-51-20-10-8-18-45(51)48-34-49-46-19-9-11-21-52(46)64(54(49)35-53(48)63)44-27-29-55-50(33-44)47-28-26-42(32-56(47)65-55)59-61-57(40-24-22-36-12-4-6-14-38(36)30-40)60-58(62-59)41-25-23-37-13-5-7-15-39(37)31-41/h1-35,57,59,61H,(H,60,62). The molecule has 1 aliphatic rings. The van der Waals surface area contributed by atoms with Crippen LogP contribution in [-0.4, -0.2) is 15.0 Å². The smallest absolute Gasteiger partial charge is 0.135 e. The second-order valence-corrected chi connectivity index (χ2v) is 17.3. The zero-order chi connectivity index (χ0) is 42.6. The summed E-state index contributed by atoms with van der Waals surface area (Å²) in [5, 5.41) is 19.5. The number of para-hydroxylation sites is 3. The summed E-state index contributed by atoms with van der Waals surface area (Å²) in [6.07, 6.45) is -0.512. The van der Waals surface area contributed by atoms with Crippen LogP contribution < -0.4 is 10.6 Å². The Kier molecular flexibility index (Phi) is 7.79. The lowest BCUT2D eigenvalue weighted by Crippen LogP contribution is -2.44. The quantitative estimate of drug-likeness (QED) is 0.182. The monoisotopic (exact) mass is 833 g/mol. The molecular weight excluding hydrogens is 795 g/mol. The van der Waals surface area contributed by atoms with Crippen molar-refractivity contribution in [1.29, 1.82) is 0 Å². The third kappa shape index (κ3) is 5.67. The first-order valence-corrected chi connectivity index (χ1v) is 22.3. The lowest BCUT2D eigenvalue weighted by atomic mass is 10.0. The summed E-state index contributed by atoms with van der Waals surface area (Å²) in [6.45, 7) is 0. The van der Waals surface area contributed by atoms with Gasteiger partial charge in [-0.25, -0.2) is 4.99 Å². The molecule has 3 aromatic heterocycles. The van der Waals surface area contributed by atoms with Crippen LogP contribution in [0.1, 0.15) is 29.0 Å². The largest absolute Gasteiger partial charge is 0.456 e. The molecule has 0 aliphatic carbocycles. The number of nitrogens with one attached hydrogen (secondary N) is 2. The van der Waals surface area contributed by atoms with E-state index in [0.717, 1.165) is 61.4 Å². The van der Waals surface area contributed by atoms with Gasteiger partial charge < -0.3 is 18.9 Å². The third-order valence-corrected chi connectivity index (χ3v) is 13.5. The first kappa shape index (κ1) is 36.1. The number of hydrogen-bond donors (Lipinski definition) is 2. The number of nitrogens with zero attached hydrogens (tertiary/aromatic N) is 3. The Bertz CT molecular complexity index is 4100. The van der Waals surface area contributed by atoms with Crippen LogP contribution in [0.4, 0.5) is 0 Å². The highest BCUT2D eigenvalue weighted by Crippen LogP contribution is 2.41. The van der Waals surface area contributed by atoms with Crippen molar-refractivity contribution in [3.8, 4) is 11.4 Å². The van der Waals surface area contributed by atoms with Crippen molar-refractivity contribution in [2.45, 2.75) is 12.3 Å². The number of aromatic nitrogens is 2. The molecule has 14 rings (SSSR count). The van der Waals surface area contributed by atoms with Gasteiger partial charge in [0.2, 0.25) is 0 Å². The zero-order valence-corrected chi connectivity index (χ0v) is 35.1. The van der Waals surface area contributed by atoms with Gasteiger partial charge in [0.25, 0.3) is 0 Å². The van der Waals surface area contributed by atoms with E-state index in [2.05, 4.69) is 232 Å². The molecule has 0 bridgehead atoms. The summed E-state index contributed by atoms with van der Waals surface area (Å²) in [7, 11) is 0. The third-order valence-electron chi connectivity index (χ3n) is 13.5. The van der Waals surface area contributed by atoms with Crippen molar-refractivity contribution in [2.75, 3.05) is 0 Å². The van der Waals surface area contributed by atoms with Crippen LogP contribution in [-0.2, 0) is 0 Å². The molecule has 10 aromatic carbocycles. The van der Waals surface area contributed by atoms with Crippen molar-refractivity contribution in [2.24, 2.45) is 4.99 Å². The molecule has 0 radical (unpaired) electrons. The van der Waals surface area contributed by atoms with E-state index in [-0.39, 0.29) is 12.3 Å². The van der Waals surface area contributed by atoms with Crippen LogP contribution in [0.5, 0.6) is 0 Å². The van der Waals surface area contributed by atoms with E-state index < -0.39 is 0 Å². The van der Waals surface area contributed by atoms with E-state index in [1.165, 1.54) is 59.6 Å². The molecule has 4 heterocycles. The van der Waals surface area contributed by atoms with Gasteiger partial charge in [0.1, 0.15) is 29.3 Å². The first-order chi connectivity index (χ1) is 32.2. The Morgan fingerprint density at radius 2 is 1.02 bits per heavy atom. The van der Waals surface area contributed by atoms with E-state index in [4.69, 9.17) is 9.41 Å². The zero-order valence-electron chi connectivity index (χ0n) is 35.1. The van der Waals surface area contributed by atoms with Gasteiger partial charge >= 0.3 is 0 Å². The fourth-order valence-corrected chi connectivity index (χ4v) is 10.4. The fraction of sp³-hybridized carbons (Fsp3) is 0.0339. The van der Waals surface area contributed by atoms with Gasteiger partial charge in [0.05, 0.1) is 22.1 Å². The van der Waals surface area contributed by atoms with Gasteiger partial charge in [-0.05, 0) is 105 Å². The van der Waals surface area contributed by atoms with Gasteiger partial charge in [-0.3, -0.25) is 5.32 Å². The lowest BCUT2D eigenvalue weighted by Gasteiger charge is -2.32. The van der Waals surface area contributed by atoms with E-state index in [1.807, 2.05) is 0 Å². The number of amidine groups is 1. The van der Waals surface area contributed by atoms with Gasteiger partial charge in [0.15, 0.2) is 0 Å². The molecule has 0 fully saturated rings. The average molecular weight is 834 g/mol. The van der Waals surface area contributed by atoms with Crippen LogP contribution in [0.25, 0.3) is 98.5 Å². The van der Waals surface area contributed by atoms with Crippen LogP contribution >= 0.6 is 0 Å². The van der Waals surface area contributed by atoms with E-state index >= 15 is 0 Å².